The van der Waals surface area contributed by atoms with Gasteiger partial charge < -0.3 is 4.90 Å². The van der Waals surface area contributed by atoms with Gasteiger partial charge in [-0.1, -0.05) is 29.8 Å². The minimum Gasteiger partial charge on any atom is -0.378 e. The Hall–Kier alpha value is -2.59. The van der Waals surface area contributed by atoms with Crippen LogP contribution in [-0.2, 0) is 4.79 Å². The van der Waals surface area contributed by atoms with E-state index in [4.69, 9.17) is 11.6 Å². The molecule has 0 spiro atoms. The van der Waals surface area contributed by atoms with Gasteiger partial charge in [-0.05, 0) is 48.9 Å². The first kappa shape index (κ1) is 16.3. The third-order valence-corrected chi connectivity index (χ3v) is 4.07. The quantitative estimate of drug-likeness (QED) is 0.785. The number of hydrogen-bond acceptors (Lipinski definition) is 3. The minimum atomic E-state index is -0.147. The van der Waals surface area contributed by atoms with E-state index in [1.807, 2.05) is 62.3 Å². The fourth-order valence-corrected chi connectivity index (χ4v) is 2.69. The Labute approximate surface area is 146 Å². The Morgan fingerprint density at radius 2 is 1.83 bits per heavy atom. The third-order valence-electron chi connectivity index (χ3n) is 3.84. The predicted molar refractivity (Wildman–Crippen MR) is 101 cm³/mol. The summed E-state index contributed by atoms with van der Waals surface area (Å²) < 4.78 is 0. The fraction of sp³-hybridized carbons (Fsp3) is 0.158. The molecule has 0 saturated carbocycles. The molecule has 0 atom stereocenters. The number of carbonyl (C=O) groups excluding carboxylic acids is 1. The molecular weight excluding hydrogens is 322 g/mol. The number of nitrogens with zero attached hydrogens (tertiary/aromatic N) is 3. The molecule has 1 heterocycles. The normalized spacial score (nSPS) is 15.8. The smallest absolute Gasteiger partial charge is 0.280 e. The zero-order chi connectivity index (χ0) is 17.3. The molecule has 0 aromatic heterocycles. The van der Waals surface area contributed by atoms with Gasteiger partial charge in [0.25, 0.3) is 5.91 Å². The summed E-state index contributed by atoms with van der Waals surface area (Å²) >= 11 is 6.01. The van der Waals surface area contributed by atoms with Crippen molar-refractivity contribution in [1.29, 1.82) is 0 Å². The average molecular weight is 340 g/mol. The summed E-state index contributed by atoms with van der Waals surface area (Å²) in [5, 5.41) is 6.33. The summed E-state index contributed by atoms with van der Waals surface area (Å²) in [5.41, 5.74) is 4.02. The fourth-order valence-electron chi connectivity index (χ4n) is 2.50. The highest BCUT2D eigenvalue weighted by molar-refractivity contribution is 6.33. The van der Waals surface area contributed by atoms with E-state index >= 15 is 0 Å². The highest BCUT2D eigenvalue weighted by Gasteiger charge is 2.28. The molecule has 0 unspecified atom stereocenters. The lowest BCUT2D eigenvalue weighted by Crippen LogP contribution is -2.21. The van der Waals surface area contributed by atoms with Crippen LogP contribution in [0.3, 0.4) is 0 Å². The van der Waals surface area contributed by atoms with Crippen molar-refractivity contribution in [3.63, 3.8) is 0 Å². The molecule has 122 valence electrons. The number of rotatable bonds is 3. The monoisotopic (exact) mass is 339 g/mol. The Morgan fingerprint density at radius 3 is 2.46 bits per heavy atom. The van der Waals surface area contributed by atoms with Crippen LogP contribution < -0.4 is 9.91 Å². The lowest BCUT2D eigenvalue weighted by atomic mass is 10.1. The highest BCUT2D eigenvalue weighted by atomic mass is 35.5. The highest BCUT2D eigenvalue weighted by Crippen LogP contribution is 2.27. The molecule has 0 bridgehead atoms. The van der Waals surface area contributed by atoms with Crippen molar-refractivity contribution in [3.05, 3.63) is 64.7 Å². The van der Waals surface area contributed by atoms with Gasteiger partial charge in [0.2, 0.25) is 0 Å². The molecule has 3 rings (SSSR count). The molecule has 1 amide bonds. The molecule has 5 heteroatoms. The van der Waals surface area contributed by atoms with Crippen molar-refractivity contribution in [2.45, 2.75) is 6.92 Å². The number of hydrazone groups is 1. The number of amides is 1. The summed E-state index contributed by atoms with van der Waals surface area (Å²) in [4.78, 5) is 14.7. The molecule has 0 saturated heterocycles. The van der Waals surface area contributed by atoms with Crippen LogP contribution in [0, 0.1) is 0 Å². The zero-order valence-electron chi connectivity index (χ0n) is 13.8. The molecule has 24 heavy (non-hydrogen) atoms. The van der Waals surface area contributed by atoms with Gasteiger partial charge in [0.05, 0.1) is 17.0 Å². The number of hydrogen-bond donors (Lipinski definition) is 0. The predicted octanol–water partition coefficient (Wildman–Crippen LogP) is 4.21. The van der Waals surface area contributed by atoms with Gasteiger partial charge >= 0.3 is 0 Å². The summed E-state index contributed by atoms with van der Waals surface area (Å²) in [6.45, 7) is 1.84. The van der Waals surface area contributed by atoms with Crippen molar-refractivity contribution < 1.29 is 4.79 Å². The zero-order valence-corrected chi connectivity index (χ0v) is 14.6. The van der Waals surface area contributed by atoms with Gasteiger partial charge in [-0.2, -0.15) is 10.1 Å². The van der Waals surface area contributed by atoms with Gasteiger partial charge in [-0.15, -0.1) is 0 Å². The average Bonchev–Trinajstić information content (AvgIpc) is 2.83. The SMILES string of the molecule is CC1=NN(c2cccc(Cl)c2)C(=O)/C1=C\c1ccc(N(C)C)cc1. The van der Waals surface area contributed by atoms with Gasteiger partial charge in [-0.3, -0.25) is 4.79 Å². The first-order valence-electron chi connectivity index (χ1n) is 7.60. The van der Waals surface area contributed by atoms with E-state index in [0.29, 0.717) is 22.0 Å². The van der Waals surface area contributed by atoms with Crippen LogP contribution in [0.2, 0.25) is 5.02 Å². The number of anilines is 2. The molecule has 2 aromatic carbocycles. The van der Waals surface area contributed by atoms with E-state index in [-0.39, 0.29) is 5.91 Å². The van der Waals surface area contributed by atoms with Crippen LogP contribution in [0.5, 0.6) is 0 Å². The topological polar surface area (TPSA) is 35.9 Å². The van der Waals surface area contributed by atoms with Crippen molar-refractivity contribution in [2.75, 3.05) is 24.0 Å². The van der Waals surface area contributed by atoms with Crippen LogP contribution >= 0.6 is 11.6 Å². The summed E-state index contributed by atoms with van der Waals surface area (Å²) in [7, 11) is 3.99. The molecule has 2 aromatic rings. The first-order chi connectivity index (χ1) is 11.5. The Bertz CT molecular complexity index is 838. The van der Waals surface area contributed by atoms with Crippen molar-refractivity contribution >= 4 is 40.7 Å². The maximum absolute atomic E-state index is 12.7. The summed E-state index contributed by atoms with van der Waals surface area (Å²) in [5.74, 6) is -0.147. The van der Waals surface area contributed by atoms with Crippen molar-refractivity contribution in [1.82, 2.24) is 0 Å². The van der Waals surface area contributed by atoms with Crippen LogP contribution in [0.15, 0.2) is 59.2 Å². The van der Waals surface area contributed by atoms with E-state index in [1.165, 1.54) is 5.01 Å². The van der Waals surface area contributed by atoms with Crippen LogP contribution in [0.4, 0.5) is 11.4 Å². The van der Waals surface area contributed by atoms with E-state index in [2.05, 4.69) is 5.10 Å². The Morgan fingerprint density at radius 1 is 1.12 bits per heavy atom. The summed E-state index contributed by atoms with van der Waals surface area (Å²) in [6.07, 6.45) is 1.87. The van der Waals surface area contributed by atoms with Gasteiger partial charge in [0.1, 0.15) is 0 Å². The second-order valence-corrected chi connectivity index (χ2v) is 6.26. The minimum absolute atomic E-state index is 0.147. The number of carbonyl (C=O) groups is 1. The molecule has 0 aliphatic carbocycles. The first-order valence-corrected chi connectivity index (χ1v) is 7.98. The molecule has 1 aliphatic rings. The maximum Gasteiger partial charge on any atom is 0.280 e. The van der Waals surface area contributed by atoms with E-state index in [9.17, 15) is 4.79 Å². The molecule has 0 radical (unpaired) electrons. The maximum atomic E-state index is 12.7. The molecule has 0 N–H and O–H groups in total. The summed E-state index contributed by atoms with van der Waals surface area (Å²) in [6, 6.07) is 15.1. The van der Waals surface area contributed by atoms with E-state index in [0.717, 1.165) is 11.3 Å². The Balaban J connectivity index is 1.90. The molecule has 0 fully saturated rings. The van der Waals surface area contributed by atoms with Crippen LogP contribution in [0.1, 0.15) is 12.5 Å². The lowest BCUT2D eigenvalue weighted by Gasteiger charge is -2.12. The standard InChI is InChI=1S/C19H18ClN3O/c1-13-18(11-14-7-9-16(10-8-14)22(2)3)19(24)23(21-13)17-6-4-5-15(20)12-17/h4-12H,1-3H3/b18-11-. The van der Waals surface area contributed by atoms with Crippen LogP contribution in [0.25, 0.3) is 6.08 Å². The largest absolute Gasteiger partial charge is 0.378 e. The van der Waals surface area contributed by atoms with Crippen LogP contribution in [-0.4, -0.2) is 25.7 Å². The lowest BCUT2D eigenvalue weighted by molar-refractivity contribution is -0.114. The molecule has 1 aliphatic heterocycles. The second-order valence-electron chi connectivity index (χ2n) is 5.83. The number of benzene rings is 2. The van der Waals surface area contributed by atoms with E-state index in [1.54, 1.807) is 18.2 Å². The van der Waals surface area contributed by atoms with Crippen molar-refractivity contribution in [2.24, 2.45) is 5.10 Å². The molecule has 4 nitrogen and oxygen atoms in total. The second kappa shape index (κ2) is 6.49. The van der Waals surface area contributed by atoms with Gasteiger partial charge in [-0.25, -0.2) is 0 Å². The van der Waals surface area contributed by atoms with Crippen molar-refractivity contribution in [3.8, 4) is 0 Å². The van der Waals surface area contributed by atoms with E-state index < -0.39 is 0 Å². The van der Waals surface area contributed by atoms with Gasteiger partial charge in [0.15, 0.2) is 0 Å². The van der Waals surface area contributed by atoms with Gasteiger partial charge in [0, 0.05) is 24.8 Å². The Kier molecular flexibility index (Phi) is 4.40. The molecular formula is C19H18ClN3O. The number of halogens is 1. The third kappa shape index (κ3) is 3.19.